The highest BCUT2D eigenvalue weighted by Gasteiger charge is 2.39. The predicted molar refractivity (Wildman–Crippen MR) is 105 cm³/mol. The second kappa shape index (κ2) is 12.3. The molecule has 2 saturated heterocycles. The van der Waals surface area contributed by atoms with Crippen LogP contribution in [0.4, 0.5) is 0 Å². The maximum atomic E-state index is 12.7. The summed E-state index contributed by atoms with van der Waals surface area (Å²) in [6, 6.07) is 0. The van der Waals surface area contributed by atoms with Gasteiger partial charge in [0.25, 0.3) is 0 Å². The van der Waals surface area contributed by atoms with Crippen LogP contribution in [0.2, 0.25) is 0 Å². The standard InChI is InChI=1S/C17H33N3O3.2ClH/c1-14(2)11-20-8-9-23-15(12-20)10-19-16(21)17(13-22-3)4-6-18-7-5-17;;/h14-15,18H,4-13H2,1-3H3,(H,19,21);2*1H. The average molecular weight is 400 g/mol. The van der Waals surface area contributed by atoms with Crippen molar-refractivity contribution in [2.24, 2.45) is 11.3 Å². The van der Waals surface area contributed by atoms with E-state index in [1.807, 2.05) is 0 Å². The topological polar surface area (TPSA) is 62.8 Å². The van der Waals surface area contributed by atoms with Gasteiger partial charge in [0.1, 0.15) is 0 Å². The fraction of sp³-hybridized carbons (Fsp3) is 0.941. The van der Waals surface area contributed by atoms with E-state index in [4.69, 9.17) is 9.47 Å². The summed E-state index contributed by atoms with van der Waals surface area (Å²) in [6.07, 6.45) is 1.75. The molecule has 2 heterocycles. The molecule has 2 aliphatic heterocycles. The first-order valence-electron chi connectivity index (χ1n) is 8.87. The molecule has 150 valence electrons. The maximum Gasteiger partial charge on any atom is 0.228 e. The number of hydrogen-bond acceptors (Lipinski definition) is 5. The lowest BCUT2D eigenvalue weighted by Gasteiger charge is -2.37. The lowest BCUT2D eigenvalue weighted by Crippen LogP contribution is -2.53. The van der Waals surface area contributed by atoms with Crippen LogP contribution in [0.5, 0.6) is 0 Å². The molecule has 0 aliphatic carbocycles. The Bertz CT molecular complexity index is 375. The number of ether oxygens (including phenoxy) is 2. The van der Waals surface area contributed by atoms with E-state index in [1.54, 1.807) is 7.11 Å². The first kappa shape index (κ1) is 24.9. The molecule has 6 nitrogen and oxygen atoms in total. The number of carbonyl (C=O) groups excluding carboxylic acids is 1. The van der Waals surface area contributed by atoms with Crippen LogP contribution in [-0.2, 0) is 14.3 Å². The Labute approximate surface area is 164 Å². The van der Waals surface area contributed by atoms with Gasteiger partial charge < -0.3 is 20.1 Å². The number of carbonyl (C=O) groups is 1. The van der Waals surface area contributed by atoms with Gasteiger partial charge in [-0.25, -0.2) is 0 Å². The molecule has 2 N–H and O–H groups in total. The normalized spacial score (nSPS) is 23.4. The molecule has 1 atom stereocenters. The Balaban J connectivity index is 0.00000288. The van der Waals surface area contributed by atoms with E-state index < -0.39 is 0 Å². The second-order valence-corrected chi connectivity index (χ2v) is 7.32. The summed E-state index contributed by atoms with van der Waals surface area (Å²) >= 11 is 0. The van der Waals surface area contributed by atoms with Gasteiger partial charge >= 0.3 is 0 Å². The van der Waals surface area contributed by atoms with Crippen molar-refractivity contribution in [2.75, 3.05) is 59.6 Å². The van der Waals surface area contributed by atoms with Crippen LogP contribution in [-0.4, -0.2) is 76.5 Å². The number of nitrogens with zero attached hydrogens (tertiary/aromatic N) is 1. The Morgan fingerprint density at radius 1 is 1.36 bits per heavy atom. The molecule has 2 aliphatic rings. The molecule has 0 radical (unpaired) electrons. The fourth-order valence-electron chi connectivity index (χ4n) is 3.60. The minimum atomic E-state index is -0.383. The molecule has 8 heteroatoms. The third-order valence-electron chi connectivity index (χ3n) is 4.80. The second-order valence-electron chi connectivity index (χ2n) is 7.32. The van der Waals surface area contributed by atoms with Crippen LogP contribution in [0, 0.1) is 11.3 Å². The molecule has 0 aromatic heterocycles. The van der Waals surface area contributed by atoms with E-state index in [0.717, 1.165) is 52.2 Å². The number of piperidine rings is 1. The molecule has 0 spiro atoms. The first-order chi connectivity index (χ1) is 11.1. The van der Waals surface area contributed by atoms with Crippen molar-refractivity contribution in [3.63, 3.8) is 0 Å². The fourth-order valence-corrected chi connectivity index (χ4v) is 3.60. The SMILES string of the molecule is COCC1(C(=O)NCC2CN(CC(C)C)CCO2)CCNCC1.Cl.Cl. The van der Waals surface area contributed by atoms with Crippen LogP contribution in [0.15, 0.2) is 0 Å². The number of hydrogen-bond donors (Lipinski definition) is 2. The molecule has 2 fully saturated rings. The molecule has 0 saturated carbocycles. The smallest absolute Gasteiger partial charge is 0.228 e. The number of halogens is 2. The Kier molecular flexibility index (Phi) is 12.3. The maximum absolute atomic E-state index is 12.7. The van der Waals surface area contributed by atoms with Crippen molar-refractivity contribution < 1.29 is 14.3 Å². The summed E-state index contributed by atoms with van der Waals surface area (Å²) in [5, 5.41) is 6.44. The third kappa shape index (κ3) is 7.57. The van der Waals surface area contributed by atoms with Gasteiger partial charge in [-0.15, -0.1) is 24.8 Å². The monoisotopic (exact) mass is 399 g/mol. The van der Waals surface area contributed by atoms with E-state index in [9.17, 15) is 4.79 Å². The van der Waals surface area contributed by atoms with Crippen molar-refractivity contribution in [2.45, 2.75) is 32.8 Å². The summed E-state index contributed by atoms with van der Waals surface area (Å²) in [5.74, 6) is 0.772. The number of nitrogens with one attached hydrogen (secondary N) is 2. The lowest BCUT2D eigenvalue weighted by atomic mass is 9.78. The number of rotatable bonds is 7. The molecule has 2 rings (SSSR count). The number of morpholine rings is 1. The molecular weight excluding hydrogens is 365 g/mol. The van der Waals surface area contributed by atoms with Crippen molar-refractivity contribution in [3.05, 3.63) is 0 Å². The summed E-state index contributed by atoms with van der Waals surface area (Å²) in [6.45, 7) is 11.0. The van der Waals surface area contributed by atoms with Crippen LogP contribution in [0.1, 0.15) is 26.7 Å². The average Bonchev–Trinajstić information content (AvgIpc) is 2.53. The van der Waals surface area contributed by atoms with Gasteiger partial charge in [-0.1, -0.05) is 13.8 Å². The van der Waals surface area contributed by atoms with Gasteiger partial charge in [0.15, 0.2) is 0 Å². The summed E-state index contributed by atoms with van der Waals surface area (Å²) in [5.41, 5.74) is -0.383. The molecule has 0 aromatic rings. The van der Waals surface area contributed by atoms with Crippen LogP contribution in [0.3, 0.4) is 0 Å². The van der Waals surface area contributed by atoms with E-state index in [1.165, 1.54) is 0 Å². The number of amides is 1. The molecule has 0 aromatic carbocycles. The van der Waals surface area contributed by atoms with Crippen molar-refractivity contribution in [3.8, 4) is 0 Å². The van der Waals surface area contributed by atoms with Gasteiger partial charge in [0.05, 0.1) is 24.7 Å². The first-order valence-corrected chi connectivity index (χ1v) is 8.87. The Morgan fingerprint density at radius 2 is 2.04 bits per heavy atom. The zero-order valence-corrected chi connectivity index (χ0v) is 17.3. The van der Waals surface area contributed by atoms with Gasteiger partial charge in [-0.2, -0.15) is 0 Å². The highest BCUT2D eigenvalue weighted by atomic mass is 35.5. The van der Waals surface area contributed by atoms with Crippen LogP contribution < -0.4 is 10.6 Å². The van der Waals surface area contributed by atoms with E-state index in [0.29, 0.717) is 19.1 Å². The van der Waals surface area contributed by atoms with Crippen molar-refractivity contribution in [1.82, 2.24) is 15.5 Å². The zero-order chi connectivity index (χ0) is 16.7. The minimum absolute atomic E-state index is 0. The summed E-state index contributed by atoms with van der Waals surface area (Å²) < 4.78 is 11.2. The molecule has 25 heavy (non-hydrogen) atoms. The van der Waals surface area contributed by atoms with E-state index in [-0.39, 0.29) is 42.2 Å². The predicted octanol–water partition coefficient (Wildman–Crippen LogP) is 1.32. The van der Waals surface area contributed by atoms with Crippen molar-refractivity contribution >= 4 is 30.7 Å². The van der Waals surface area contributed by atoms with Crippen molar-refractivity contribution in [1.29, 1.82) is 0 Å². The minimum Gasteiger partial charge on any atom is -0.384 e. The van der Waals surface area contributed by atoms with Crippen LogP contribution >= 0.6 is 24.8 Å². The van der Waals surface area contributed by atoms with Gasteiger partial charge in [0.2, 0.25) is 5.91 Å². The van der Waals surface area contributed by atoms with E-state index in [2.05, 4.69) is 29.4 Å². The molecule has 0 bridgehead atoms. The van der Waals surface area contributed by atoms with Gasteiger partial charge in [0, 0.05) is 33.3 Å². The Hall–Kier alpha value is -0.110. The highest BCUT2D eigenvalue weighted by molar-refractivity contribution is 5.85. The summed E-state index contributed by atoms with van der Waals surface area (Å²) in [7, 11) is 1.67. The highest BCUT2D eigenvalue weighted by Crippen LogP contribution is 2.29. The quantitative estimate of drug-likeness (QED) is 0.675. The largest absolute Gasteiger partial charge is 0.384 e. The lowest BCUT2D eigenvalue weighted by molar-refractivity contribution is -0.137. The third-order valence-corrected chi connectivity index (χ3v) is 4.80. The summed E-state index contributed by atoms with van der Waals surface area (Å²) in [4.78, 5) is 15.2. The van der Waals surface area contributed by atoms with Crippen LogP contribution in [0.25, 0.3) is 0 Å². The van der Waals surface area contributed by atoms with Gasteiger partial charge in [-0.05, 0) is 31.8 Å². The molecule has 1 unspecified atom stereocenters. The zero-order valence-electron chi connectivity index (χ0n) is 15.7. The van der Waals surface area contributed by atoms with Gasteiger partial charge in [-0.3, -0.25) is 9.69 Å². The molecular formula is C17H35Cl2N3O3. The van der Waals surface area contributed by atoms with E-state index >= 15 is 0 Å². The Morgan fingerprint density at radius 3 is 2.64 bits per heavy atom. The number of methoxy groups -OCH3 is 1. The molecule has 1 amide bonds.